The minimum Gasteiger partial charge on any atom is -0.383 e. The fourth-order valence-corrected chi connectivity index (χ4v) is 3.92. The van der Waals surface area contributed by atoms with Crippen molar-refractivity contribution in [3.63, 3.8) is 0 Å². The first-order valence-corrected chi connectivity index (χ1v) is 10.7. The molecule has 9 nitrogen and oxygen atoms in total. The number of anilines is 1. The van der Waals surface area contributed by atoms with Gasteiger partial charge in [-0.05, 0) is 25.8 Å². The Labute approximate surface area is 185 Å². The van der Waals surface area contributed by atoms with Crippen LogP contribution in [-0.2, 0) is 22.4 Å². The van der Waals surface area contributed by atoms with Gasteiger partial charge in [0.2, 0.25) is 0 Å². The van der Waals surface area contributed by atoms with Gasteiger partial charge in [0, 0.05) is 36.6 Å². The molecule has 1 atom stereocenters. The standard InChI is InChI=1S/C23H27N5O4/c1-13(2)28-22(24)20(23(25)30)21(26-28)15-5-3-14(4-6-15)9-17(29)10-18-11-19(27-32-18)16-7-8-31-12-16/h3-6,11,13,16H,7-10,12,24H2,1-2H3,(H2,25,30). The van der Waals surface area contributed by atoms with Crippen molar-refractivity contribution < 1.29 is 18.8 Å². The normalized spacial score (nSPS) is 16.0. The number of hydrogen-bond donors (Lipinski definition) is 2. The summed E-state index contributed by atoms with van der Waals surface area (Å²) in [5.74, 6) is 0.453. The highest BCUT2D eigenvalue weighted by molar-refractivity contribution is 6.03. The zero-order valence-electron chi connectivity index (χ0n) is 18.2. The van der Waals surface area contributed by atoms with Crippen LogP contribution in [0.4, 0.5) is 5.82 Å². The Kier molecular flexibility index (Phi) is 6.09. The molecule has 1 fully saturated rings. The molecule has 1 unspecified atom stereocenters. The second-order valence-electron chi connectivity index (χ2n) is 8.38. The summed E-state index contributed by atoms with van der Waals surface area (Å²) in [6.07, 6.45) is 1.36. The first kappa shape index (κ1) is 21.8. The number of hydrogen-bond acceptors (Lipinski definition) is 7. The van der Waals surface area contributed by atoms with Crippen LogP contribution in [0.15, 0.2) is 34.9 Å². The fourth-order valence-electron chi connectivity index (χ4n) is 3.92. The summed E-state index contributed by atoms with van der Waals surface area (Å²) in [5.41, 5.74) is 14.7. The summed E-state index contributed by atoms with van der Waals surface area (Å²) in [7, 11) is 0. The Morgan fingerprint density at radius 2 is 1.97 bits per heavy atom. The van der Waals surface area contributed by atoms with Crippen molar-refractivity contribution in [2.75, 3.05) is 18.9 Å². The number of ether oxygens (including phenoxy) is 1. The average molecular weight is 438 g/mol. The van der Waals surface area contributed by atoms with Gasteiger partial charge >= 0.3 is 0 Å². The van der Waals surface area contributed by atoms with E-state index in [0.29, 0.717) is 23.6 Å². The summed E-state index contributed by atoms with van der Waals surface area (Å²) in [4.78, 5) is 24.5. The molecule has 32 heavy (non-hydrogen) atoms. The van der Waals surface area contributed by atoms with Crippen molar-refractivity contribution >= 4 is 17.5 Å². The molecular weight excluding hydrogens is 410 g/mol. The summed E-state index contributed by atoms with van der Waals surface area (Å²) >= 11 is 0. The maximum atomic E-state index is 12.5. The number of Topliss-reactive ketones (excluding diaryl/α,β-unsaturated/α-hetero) is 1. The van der Waals surface area contributed by atoms with E-state index in [0.717, 1.165) is 24.3 Å². The van der Waals surface area contributed by atoms with E-state index in [4.69, 9.17) is 20.7 Å². The minimum absolute atomic E-state index is 0.0171. The van der Waals surface area contributed by atoms with Crippen LogP contribution in [0.5, 0.6) is 0 Å². The molecule has 0 spiro atoms. The van der Waals surface area contributed by atoms with Gasteiger partial charge in [-0.25, -0.2) is 4.68 Å². The highest BCUT2D eigenvalue weighted by Crippen LogP contribution is 2.29. The molecule has 1 aliphatic rings. The van der Waals surface area contributed by atoms with Crippen molar-refractivity contribution in [2.24, 2.45) is 5.73 Å². The Morgan fingerprint density at radius 1 is 1.22 bits per heavy atom. The van der Waals surface area contributed by atoms with E-state index in [-0.39, 0.29) is 42.0 Å². The quantitative estimate of drug-likeness (QED) is 0.552. The third kappa shape index (κ3) is 4.43. The molecule has 1 saturated heterocycles. The number of carbonyl (C=O) groups is 2. The monoisotopic (exact) mass is 437 g/mol. The maximum Gasteiger partial charge on any atom is 0.254 e. The number of primary amides is 1. The SMILES string of the molecule is CC(C)n1nc(-c2ccc(CC(=O)Cc3cc(C4CCOC4)no3)cc2)c(C(N)=O)c1N. The Balaban J connectivity index is 1.45. The second kappa shape index (κ2) is 8.96. The molecule has 1 amide bonds. The molecule has 4 N–H and O–H groups in total. The number of nitrogen functional groups attached to an aromatic ring is 1. The molecule has 168 valence electrons. The van der Waals surface area contributed by atoms with E-state index >= 15 is 0 Å². The van der Waals surface area contributed by atoms with Crippen LogP contribution in [0.25, 0.3) is 11.3 Å². The number of rotatable bonds is 8. The Morgan fingerprint density at radius 3 is 2.59 bits per heavy atom. The van der Waals surface area contributed by atoms with Crippen LogP contribution in [-0.4, -0.2) is 39.8 Å². The number of amides is 1. The number of aromatic nitrogens is 3. The molecule has 0 radical (unpaired) electrons. The molecule has 9 heteroatoms. The van der Waals surface area contributed by atoms with Crippen molar-refractivity contribution in [3.05, 3.63) is 52.9 Å². The summed E-state index contributed by atoms with van der Waals surface area (Å²) in [6.45, 7) is 5.22. The number of ketones is 1. The van der Waals surface area contributed by atoms with Crippen molar-refractivity contribution in [3.8, 4) is 11.3 Å². The van der Waals surface area contributed by atoms with Gasteiger partial charge < -0.3 is 20.7 Å². The van der Waals surface area contributed by atoms with Crippen molar-refractivity contribution in [1.29, 1.82) is 0 Å². The molecule has 0 aliphatic carbocycles. The first-order chi connectivity index (χ1) is 15.3. The third-order valence-electron chi connectivity index (χ3n) is 5.61. The minimum atomic E-state index is -0.626. The lowest BCUT2D eigenvalue weighted by atomic mass is 10.0. The molecule has 0 saturated carbocycles. The molecular formula is C23H27N5O4. The maximum absolute atomic E-state index is 12.5. The van der Waals surface area contributed by atoms with E-state index < -0.39 is 5.91 Å². The van der Waals surface area contributed by atoms with E-state index in [1.807, 2.05) is 44.2 Å². The molecule has 1 aromatic carbocycles. The molecule has 2 aromatic heterocycles. The van der Waals surface area contributed by atoms with Crippen LogP contribution in [0.2, 0.25) is 0 Å². The molecule has 3 aromatic rings. The zero-order valence-corrected chi connectivity index (χ0v) is 18.2. The molecule has 3 heterocycles. The van der Waals surface area contributed by atoms with Gasteiger partial charge in [0.1, 0.15) is 28.6 Å². The smallest absolute Gasteiger partial charge is 0.254 e. The zero-order chi connectivity index (χ0) is 22.8. The van der Waals surface area contributed by atoms with E-state index in [1.54, 1.807) is 4.68 Å². The largest absolute Gasteiger partial charge is 0.383 e. The predicted molar refractivity (Wildman–Crippen MR) is 118 cm³/mol. The van der Waals surface area contributed by atoms with Crippen molar-refractivity contribution in [2.45, 2.75) is 45.1 Å². The van der Waals surface area contributed by atoms with Crippen LogP contribution >= 0.6 is 0 Å². The first-order valence-electron chi connectivity index (χ1n) is 10.7. The van der Waals surface area contributed by atoms with Crippen molar-refractivity contribution in [1.82, 2.24) is 14.9 Å². The fraction of sp³-hybridized carbons (Fsp3) is 0.391. The van der Waals surface area contributed by atoms with Crippen LogP contribution in [0.1, 0.15) is 59.6 Å². The number of benzene rings is 1. The van der Waals surface area contributed by atoms with Gasteiger partial charge in [0.05, 0.1) is 18.7 Å². The molecule has 1 aliphatic heterocycles. The van der Waals surface area contributed by atoms with Gasteiger partial charge in [-0.3, -0.25) is 9.59 Å². The van der Waals surface area contributed by atoms with Gasteiger partial charge in [0.25, 0.3) is 5.91 Å². The average Bonchev–Trinajstić information content (AvgIpc) is 3.48. The number of carbonyl (C=O) groups excluding carboxylic acids is 2. The summed E-state index contributed by atoms with van der Waals surface area (Å²) in [6, 6.07) is 9.13. The third-order valence-corrected chi connectivity index (χ3v) is 5.61. The van der Waals surface area contributed by atoms with E-state index in [9.17, 15) is 9.59 Å². The van der Waals surface area contributed by atoms with E-state index in [2.05, 4.69) is 10.3 Å². The lowest BCUT2D eigenvalue weighted by molar-refractivity contribution is -0.118. The van der Waals surface area contributed by atoms with Gasteiger partial charge in [-0.2, -0.15) is 5.10 Å². The number of nitrogens with zero attached hydrogens (tertiary/aromatic N) is 3. The highest BCUT2D eigenvalue weighted by atomic mass is 16.5. The topological polar surface area (TPSA) is 139 Å². The van der Waals surface area contributed by atoms with Crippen LogP contribution < -0.4 is 11.5 Å². The summed E-state index contributed by atoms with van der Waals surface area (Å²) < 4.78 is 12.3. The lowest BCUT2D eigenvalue weighted by Gasteiger charge is -2.06. The summed E-state index contributed by atoms with van der Waals surface area (Å²) in [5, 5.41) is 8.56. The Hall–Kier alpha value is -3.46. The van der Waals surface area contributed by atoms with Gasteiger partial charge in [-0.1, -0.05) is 29.4 Å². The van der Waals surface area contributed by atoms with Gasteiger partial charge in [-0.15, -0.1) is 0 Å². The second-order valence-corrected chi connectivity index (χ2v) is 8.38. The van der Waals surface area contributed by atoms with Crippen LogP contribution in [0.3, 0.4) is 0 Å². The highest BCUT2D eigenvalue weighted by Gasteiger charge is 2.23. The van der Waals surface area contributed by atoms with Crippen LogP contribution in [0, 0.1) is 0 Å². The lowest BCUT2D eigenvalue weighted by Crippen LogP contribution is -2.15. The molecule has 0 bridgehead atoms. The molecule has 4 rings (SSSR count). The Bertz CT molecular complexity index is 1120. The van der Waals surface area contributed by atoms with Gasteiger partial charge in [0.15, 0.2) is 0 Å². The van der Waals surface area contributed by atoms with E-state index in [1.165, 1.54) is 0 Å². The predicted octanol–water partition coefficient (Wildman–Crippen LogP) is 2.66. The number of nitrogens with two attached hydrogens (primary N) is 2.